The Bertz CT molecular complexity index is 561. The molecule has 0 bridgehead atoms. The molecule has 0 atom stereocenters. The predicted molar refractivity (Wildman–Crippen MR) is 62.0 cm³/mol. The van der Waals surface area contributed by atoms with Crippen molar-refractivity contribution in [1.29, 1.82) is 0 Å². The Morgan fingerprint density at radius 2 is 2.28 bits per heavy atom. The van der Waals surface area contributed by atoms with Crippen molar-refractivity contribution in [3.05, 3.63) is 15.9 Å². The average molecular weight is 294 g/mol. The van der Waals surface area contributed by atoms with Crippen LogP contribution in [0.1, 0.15) is 5.69 Å². The van der Waals surface area contributed by atoms with Gasteiger partial charge in [0.05, 0.1) is 0 Å². The van der Waals surface area contributed by atoms with E-state index in [2.05, 4.69) is 15.0 Å². The Hall–Kier alpha value is -1.87. The summed E-state index contributed by atoms with van der Waals surface area (Å²) in [6, 6.07) is 0. The van der Waals surface area contributed by atoms with Crippen molar-refractivity contribution < 1.29 is 24.7 Å². The van der Waals surface area contributed by atoms with Crippen LogP contribution in [-0.4, -0.2) is 45.6 Å². The largest absolute Gasteiger partial charge is 0.476 e. The maximum absolute atomic E-state index is 11.0. The lowest BCUT2D eigenvalue weighted by atomic mass is 10.3. The zero-order chi connectivity index (χ0) is 13.7. The van der Waals surface area contributed by atoms with Crippen molar-refractivity contribution in [2.75, 3.05) is 13.0 Å². The van der Waals surface area contributed by atoms with E-state index in [4.69, 9.17) is 16.7 Å². The SMILES string of the molecule is CO/N=C(/C(=O)O)c1csc(=NC(=O)CCl)n1O. The summed E-state index contributed by atoms with van der Waals surface area (Å²) in [6.45, 7) is 0. The molecule has 0 aliphatic carbocycles. The van der Waals surface area contributed by atoms with Crippen LogP contribution in [0.5, 0.6) is 0 Å². The Balaban J connectivity index is 3.29. The van der Waals surface area contributed by atoms with Gasteiger partial charge in [-0.3, -0.25) is 4.79 Å². The lowest BCUT2D eigenvalue weighted by molar-refractivity contribution is -0.129. The molecule has 18 heavy (non-hydrogen) atoms. The molecule has 0 saturated carbocycles. The number of carbonyl (C=O) groups is 2. The van der Waals surface area contributed by atoms with Crippen LogP contribution in [0.15, 0.2) is 15.5 Å². The molecular formula is C8H8ClN3O5S. The van der Waals surface area contributed by atoms with E-state index in [1.165, 1.54) is 12.5 Å². The maximum atomic E-state index is 11.0. The summed E-state index contributed by atoms with van der Waals surface area (Å²) in [6.07, 6.45) is 0. The van der Waals surface area contributed by atoms with Crippen LogP contribution < -0.4 is 4.80 Å². The second-order valence-electron chi connectivity index (χ2n) is 2.78. The van der Waals surface area contributed by atoms with E-state index in [0.29, 0.717) is 4.73 Å². The highest BCUT2D eigenvalue weighted by Crippen LogP contribution is 2.03. The Morgan fingerprint density at radius 3 is 2.78 bits per heavy atom. The number of rotatable bonds is 4. The molecule has 0 aliphatic rings. The number of oxime groups is 1. The number of hydrogen-bond donors (Lipinski definition) is 2. The van der Waals surface area contributed by atoms with Gasteiger partial charge >= 0.3 is 5.97 Å². The highest BCUT2D eigenvalue weighted by Gasteiger charge is 2.19. The van der Waals surface area contributed by atoms with Crippen molar-refractivity contribution in [3.8, 4) is 0 Å². The minimum Gasteiger partial charge on any atom is -0.476 e. The van der Waals surface area contributed by atoms with Gasteiger partial charge in [0, 0.05) is 5.38 Å². The molecular weight excluding hydrogens is 286 g/mol. The molecule has 0 spiro atoms. The number of thiazole rings is 1. The average Bonchev–Trinajstić information content (AvgIpc) is 2.67. The van der Waals surface area contributed by atoms with Crippen LogP contribution in [0.4, 0.5) is 0 Å². The molecule has 1 heterocycles. The molecule has 0 radical (unpaired) electrons. The van der Waals surface area contributed by atoms with E-state index >= 15 is 0 Å². The minimum absolute atomic E-state index is 0.110. The molecule has 1 aromatic rings. The van der Waals surface area contributed by atoms with E-state index in [0.717, 1.165) is 11.3 Å². The molecule has 2 N–H and O–H groups in total. The second kappa shape index (κ2) is 6.17. The van der Waals surface area contributed by atoms with E-state index in [9.17, 15) is 14.8 Å². The molecule has 0 fully saturated rings. The van der Waals surface area contributed by atoms with Gasteiger partial charge in [-0.25, -0.2) is 4.79 Å². The zero-order valence-corrected chi connectivity index (χ0v) is 10.6. The molecule has 10 heteroatoms. The number of aromatic nitrogens is 1. The third kappa shape index (κ3) is 3.08. The first kappa shape index (κ1) is 14.2. The topological polar surface area (TPSA) is 113 Å². The third-order valence-corrected chi connectivity index (χ3v) is 2.69. The molecule has 1 rings (SSSR count). The highest BCUT2D eigenvalue weighted by molar-refractivity contribution is 7.07. The molecule has 0 aliphatic heterocycles. The first-order chi connectivity index (χ1) is 8.51. The number of amides is 1. The van der Waals surface area contributed by atoms with Crippen LogP contribution in [0.25, 0.3) is 0 Å². The standard InChI is InChI=1S/C8H8ClN3O5S/c1-17-11-6(7(14)15)4-3-18-8(12(4)16)10-5(13)2-9/h3,16H,2H2,1H3,(H,14,15)/b10-8?,11-6+. The summed E-state index contributed by atoms with van der Waals surface area (Å²) in [5, 5.41) is 23.1. The summed E-state index contributed by atoms with van der Waals surface area (Å²) in [4.78, 5) is 29.6. The fourth-order valence-electron chi connectivity index (χ4n) is 0.964. The zero-order valence-electron chi connectivity index (χ0n) is 9.03. The number of halogens is 1. The van der Waals surface area contributed by atoms with Crippen LogP contribution in [0, 0.1) is 0 Å². The van der Waals surface area contributed by atoms with E-state index < -0.39 is 17.6 Å². The Morgan fingerprint density at radius 1 is 1.61 bits per heavy atom. The van der Waals surface area contributed by atoms with E-state index in [1.54, 1.807) is 0 Å². The first-order valence-electron chi connectivity index (χ1n) is 4.39. The highest BCUT2D eigenvalue weighted by atomic mass is 35.5. The molecule has 1 amide bonds. The van der Waals surface area contributed by atoms with Crippen LogP contribution >= 0.6 is 22.9 Å². The fourth-order valence-corrected chi connectivity index (χ4v) is 1.81. The summed E-state index contributed by atoms with van der Waals surface area (Å²) in [5.41, 5.74) is -0.675. The van der Waals surface area contributed by atoms with Gasteiger partial charge in [0.2, 0.25) is 10.5 Å². The van der Waals surface area contributed by atoms with Crippen molar-refractivity contribution in [2.45, 2.75) is 0 Å². The van der Waals surface area contributed by atoms with Gasteiger partial charge < -0.3 is 15.2 Å². The number of nitrogens with zero attached hydrogens (tertiary/aromatic N) is 3. The van der Waals surface area contributed by atoms with Gasteiger partial charge in [-0.05, 0) is 0 Å². The van der Waals surface area contributed by atoms with Crippen LogP contribution in [0.2, 0.25) is 0 Å². The van der Waals surface area contributed by atoms with Gasteiger partial charge in [0.1, 0.15) is 18.7 Å². The fraction of sp³-hybridized carbons (Fsp3) is 0.250. The van der Waals surface area contributed by atoms with Gasteiger partial charge in [0.15, 0.2) is 0 Å². The predicted octanol–water partition coefficient (Wildman–Crippen LogP) is -0.112. The Kier molecular flexibility index (Phi) is 4.86. The molecule has 0 aromatic carbocycles. The number of carbonyl (C=O) groups excluding carboxylic acids is 1. The molecule has 98 valence electrons. The minimum atomic E-state index is -1.40. The Labute approximate surface area is 109 Å². The van der Waals surface area contributed by atoms with Gasteiger partial charge in [-0.1, -0.05) is 5.16 Å². The molecule has 0 saturated heterocycles. The molecule has 0 unspecified atom stereocenters. The van der Waals surface area contributed by atoms with Gasteiger partial charge in [-0.15, -0.1) is 22.9 Å². The van der Waals surface area contributed by atoms with Crippen LogP contribution in [-0.2, 0) is 14.4 Å². The summed E-state index contributed by atoms with van der Waals surface area (Å²) in [5.74, 6) is -2.40. The van der Waals surface area contributed by atoms with Crippen molar-refractivity contribution in [2.24, 2.45) is 10.1 Å². The van der Waals surface area contributed by atoms with Gasteiger partial charge in [0.25, 0.3) is 5.91 Å². The third-order valence-electron chi connectivity index (χ3n) is 1.65. The van der Waals surface area contributed by atoms with E-state index in [1.807, 2.05) is 0 Å². The smallest absolute Gasteiger partial charge is 0.360 e. The maximum Gasteiger partial charge on any atom is 0.360 e. The van der Waals surface area contributed by atoms with Gasteiger partial charge in [-0.2, -0.15) is 9.72 Å². The van der Waals surface area contributed by atoms with E-state index in [-0.39, 0.29) is 16.4 Å². The molecule has 1 aromatic heterocycles. The quantitative estimate of drug-likeness (QED) is 0.348. The van der Waals surface area contributed by atoms with Crippen molar-refractivity contribution in [1.82, 2.24) is 4.73 Å². The number of carboxylic acids is 1. The number of hydrogen-bond acceptors (Lipinski definition) is 6. The summed E-state index contributed by atoms with van der Waals surface area (Å²) >= 11 is 6.11. The monoisotopic (exact) mass is 293 g/mol. The number of carboxylic acid groups (broad SMARTS) is 1. The lowest BCUT2D eigenvalue weighted by Gasteiger charge is -1.99. The van der Waals surface area contributed by atoms with Crippen molar-refractivity contribution >= 4 is 40.5 Å². The summed E-state index contributed by atoms with van der Waals surface area (Å²) < 4.78 is 0.432. The van der Waals surface area contributed by atoms with Crippen molar-refractivity contribution in [3.63, 3.8) is 0 Å². The van der Waals surface area contributed by atoms with Crippen LogP contribution in [0.3, 0.4) is 0 Å². The second-order valence-corrected chi connectivity index (χ2v) is 3.89. The number of alkyl halides is 1. The number of aliphatic carboxylic acids is 1. The lowest BCUT2D eigenvalue weighted by Crippen LogP contribution is -2.24. The normalized spacial score (nSPS) is 12.6. The summed E-state index contributed by atoms with van der Waals surface area (Å²) in [7, 11) is 1.17. The first-order valence-corrected chi connectivity index (χ1v) is 5.80. The molecule has 8 nitrogen and oxygen atoms in total.